The number of rotatable bonds is 16. The third kappa shape index (κ3) is 10.9. The van der Waals surface area contributed by atoms with Gasteiger partial charge in [-0.25, -0.2) is 9.59 Å². The van der Waals surface area contributed by atoms with Crippen molar-refractivity contribution in [2.24, 2.45) is 5.41 Å². The Balaban J connectivity index is 1.30. The first-order valence-electron chi connectivity index (χ1n) is 19.9. The van der Waals surface area contributed by atoms with Crippen LogP contribution in [-0.4, -0.2) is 85.3 Å². The number of hydrogen-bond donors (Lipinski definition) is 4. The minimum atomic E-state index is -1.26. The summed E-state index contributed by atoms with van der Waals surface area (Å²) in [6.07, 6.45) is 1.80. The van der Waals surface area contributed by atoms with Crippen molar-refractivity contribution < 1.29 is 24.6 Å². The average molecular weight is 783 g/mol. The molecule has 3 heterocycles. The van der Waals surface area contributed by atoms with E-state index in [4.69, 9.17) is 0 Å². The molecule has 302 valence electrons. The van der Waals surface area contributed by atoms with Crippen molar-refractivity contribution in [1.29, 1.82) is 0 Å². The molecule has 0 aliphatic carbocycles. The molecule has 58 heavy (non-hydrogen) atoms. The zero-order valence-electron chi connectivity index (χ0n) is 33.7. The van der Waals surface area contributed by atoms with Crippen molar-refractivity contribution in [1.82, 2.24) is 30.4 Å². The lowest BCUT2D eigenvalue weighted by Crippen LogP contribution is -2.58. The fraction of sp³-hybridized carbons (Fsp3) is 0.340. The van der Waals surface area contributed by atoms with Gasteiger partial charge in [0.1, 0.15) is 6.04 Å². The Morgan fingerprint density at radius 2 is 1.40 bits per heavy atom. The molecule has 5 aromatic rings. The first-order valence-corrected chi connectivity index (χ1v) is 19.9. The van der Waals surface area contributed by atoms with E-state index in [1.165, 1.54) is 0 Å². The molecule has 11 heteroatoms. The summed E-state index contributed by atoms with van der Waals surface area (Å²) < 4.78 is 0. The van der Waals surface area contributed by atoms with Gasteiger partial charge in [-0.2, -0.15) is 0 Å². The Hall–Kier alpha value is -6.07. The molecule has 2 aromatic heterocycles. The average Bonchev–Trinajstić information content (AvgIpc) is 3.55. The molecule has 4 N–H and O–H groups in total. The van der Waals surface area contributed by atoms with Crippen molar-refractivity contribution in [3.63, 3.8) is 0 Å². The van der Waals surface area contributed by atoms with Gasteiger partial charge in [-0.1, -0.05) is 112 Å². The fourth-order valence-corrected chi connectivity index (χ4v) is 8.02. The smallest absolute Gasteiger partial charge is 0.404 e. The van der Waals surface area contributed by atoms with Gasteiger partial charge in [0.25, 0.3) is 0 Å². The summed E-state index contributed by atoms with van der Waals surface area (Å²) in [5.74, 6) is -0.650. The summed E-state index contributed by atoms with van der Waals surface area (Å²) in [5.41, 5.74) is 5.83. The number of aromatic nitrogens is 2. The summed E-state index contributed by atoms with van der Waals surface area (Å²) in [7, 11) is 0. The van der Waals surface area contributed by atoms with Crippen LogP contribution in [0.5, 0.6) is 0 Å². The Labute approximate surface area is 341 Å². The van der Waals surface area contributed by atoms with E-state index in [1.807, 2.05) is 143 Å². The number of carboxylic acid groups (broad SMARTS) is 1. The highest BCUT2D eigenvalue weighted by molar-refractivity contribution is 5.89. The lowest BCUT2D eigenvalue weighted by Gasteiger charge is -2.39. The summed E-state index contributed by atoms with van der Waals surface area (Å²) in [5, 5.41) is 27.9. The normalized spacial score (nSPS) is 15.6. The van der Waals surface area contributed by atoms with Gasteiger partial charge in [0.05, 0.1) is 24.4 Å². The second kappa shape index (κ2) is 18.9. The minimum Gasteiger partial charge on any atom is -0.465 e. The van der Waals surface area contributed by atoms with E-state index in [-0.39, 0.29) is 30.7 Å². The first-order chi connectivity index (χ1) is 27.9. The molecule has 6 rings (SSSR count). The maximum absolute atomic E-state index is 14.9. The van der Waals surface area contributed by atoms with Crippen molar-refractivity contribution in [3.8, 4) is 11.1 Å². The number of urea groups is 1. The lowest BCUT2D eigenvalue weighted by molar-refractivity contribution is -0.129. The number of pyridine rings is 2. The van der Waals surface area contributed by atoms with Gasteiger partial charge in [0.15, 0.2) is 0 Å². The number of aryl methyl sites for hydroxylation is 1. The molecule has 0 radical (unpaired) electrons. The zero-order chi connectivity index (χ0) is 41.2. The van der Waals surface area contributed by atoms with Gasteiger partial charge in [0, 0.05) is 43.1 Å². The number of hydrogen-bond acceptors (Lipinski definition) is 6. The predicted octanol–water partition coefficient (Wildman–Crippen LogP) is 7.25. The fourth-order valence-electron chi connectivity index (χ4n) is 8.02. The largest absolute Gasteiger partial charge is 0.465 e. The van der Waals surface area contributed by atoms with Crippen molar-refractivity contribution >= 4 is 18.0 Å². The van der Waals surface area contributed by atoms with Crippen molar-refractivity contribution in [2.75, 3.05) is 13.1 Å². The molecule has 1 aliphatic rings. The number of aliphatic hydroxyl groups is 1. The van der Waals surface area contributed by atoms with Gasteiger partial charge in [-0.05, 0) is 83.7 Å². The second-order valence-electron chi connectivity index (χ2n) is 16.3. The molecule has 1 aliphatic heterocycles. The van der Waals surface area contributed by atoms with Crippen LogP contribution in [0.15, 0.2) is 128 Å². The maximum atomic E-state index is 14.9. The van der Waals surface area contributed by atoms with Crippen LogP contribution in [-0.2, 0) is 24.2 Å². The standard InChI is InChI=1S/C47H54N6O5/c1-32-12-11-17-38(49-32)31-52-26-27-53(46(52)58)43(47(2,3)4)44(55)50-40(39(37-15-9-6-10-16-37)28-33-13-7-5-8-14-33)30-42(54)41(51-45(56)57)29-34-18-20-35(21-19-34)36-22-24-48-25-23-36/h5-25,39-43,51,54H,26-31H2,1-4H3,(H,50,55)(H,56,57)/t39?,40-,41-,42+,43+/m0/s1. The molecule has 0 saturated carbocycles. The monoisotopic (exact) mass is 782 g/mol. The highest BCUT2D eigenvalue weighted by Crippen LogP contribution is 2.32. The Morgan fingerprint density at radius 1 is 0.759 bits per heavy atom. The number of amides is 4. The number of aliphatic hydroxyl groups excluding tert-OH is 1. The van der Waals surface area contributed by atoms with Crippen LogP contribution in [0.3, 0.4) is 0 Å². The Morgan fingerprint density at radius 3 is 2.03 bits per heavy atom. The van der Waals surface area contributed by atoms with E-state index in [2.05, 4.69) is 20.6 Å². The van der Waals surface area contributed by atoms with Gasteiger partial charge in [-0.15, -0.1) is 0 Å². The molecule has 1 unspecified atom stereocenters. The third-order valence-electron chi connectivity index (χ3n) is 10.8. The Bertz CT molecular complexity index is 2110. The Kier molecular flexibility index (Phi) is 13.6. The number of carbonyl (C=O) groups is 3. The van der Waals surface area contributed by atoms with Gasteiger partial charge in [-0.3, -0.25) is 14.8 Å². The van der Waals surface area contributed by atoms with E-state index < -0.39 is 35.7 Å². The van der Waals surface area contributed by atoms with Gasteiger partial charge < -0.3 is 30.6 Å². The molecular formula is C47H54N6O5. The van der Waals surface area contributed by atoms with Crippen LogP contribution in [0.25, 0.3) is 11.1 Å². The maximum Gasteiger partial charge on any atom is 0.404 e. The van der Waals surface area contributed by atoms with Gasteiger partial charge >= 0.3 is 12.1 Å². The highest BCUT2D eigenvalue weighted by atomic mass is 16.4. The molecular weight excluding hydrogens is 729 g/mol. The first kappa shape index (κ1) is 41.6. The number of nitrogens with one attached hydrogen (secondary N) is 2. The van der Waals surface area contributed by atoms with E-state index in [9.17, 15) is 24.6 Å². The number of nitrogens with zero attached hydrogens (tertiary/aromatic N) is 4. The highest BCUT2D eigenvalue weighted by Gasteiger charge is 2.45. The molecule has 5 atom stereocenters. The molecule has 3 aromatic carbocycles. The predicted molar refractivity (Wildman–Crippen MR) is 225 cm³/mol. The van der Waals surface area contributed by atoms with E-state index in [0.29, 0.717) is 26.1 Å². The third-order valence-corrected chi connectivity index (χ3v) is 10.8. The van der Waals surface area contributed by atoms with Crippen LogP contribution in [0.1, 0.15) is 61.2 Å². The summed E-state index contributed by atoms with van der Waals surface area (Å²) in [4.78, 5) is 53.2. The molecule has 0 spiro atoms. The van der Waals surface area contributed by atoms with E-state index >= 15 is 0 Å². The molecule has 0 bridgehead atoms. The van der Waals surface area contributed by atoms with Gasteiger partial charge in [0.2, 0.25) is 5.91 Å². The summed E-state index contributed by atoms with van der Waals surface area (Å²) >= 11 is 0. The zero-order valence-corrected chi connectivity index (χ0v) is 33.7. The van der Waals surface area contributed by atoms with Crippen molar-refractivity contribution in [2.45, 2.75) is 83.6 Å². The molecule has 4 amide bonds. The molecule has 11 nitrogen and oxygen atoms in total. The quantitative estimate of drug-likeness (QED) is 0.0825. The SMILES string of the molecule is Cc1cccc(CN2CCN([C@H](C(=O)N[C@@H](C[C@@H](O)[C@H](Cc3ccc(-c4ccncc4)cc3)NC(=O)O)C(Cc3ccccc3)c3ccccc3)C(C)(C)C)C2=O)n1. The molecule has 1 fully saturated rings. The van der Waals surface area contributed by atoms with Crippen LogP contribution in [0.2, 0.25) is 0 Å². The number of carbonyl (C=O) groups excluding carboxylic acids is 2. The van der Waals surface area contributed by atoms with E-state index in [0.717, 1.165) is 39.2 Å². The van der Waals surface area contributed by atoms with E-state index in [1.54, 1.807) is 22.2 Å². The second-order valence-corrected chi connectivity index (χ2v) is 16.3. The lowest BCUT2D eigenvalue weighted by atomic mass is 9.80. The van der Waals surface area contributed by atoms with Crippen LogP contribution < -0.4 is 10.6 Å². The topological polar surface area (TPSA) is 148 Å². The van der Waals surface area contributed by atoms with Crippen LogP contribution in [0.4, 0.5) is 9.59 Å². The minimum absolute atomic E-state index is 0.0359. The summed E-state index contributed by atoms with van der Waals surface area (Å²) in [6, 6.07) is 34.6. The van der Waals surface area contributed by atoms with Crippen LogP contribution in [0, 0.1) is 12.3 Å². The molecule has 1 saturated heterocycles. The van der Waals surface area contributed by atoms with Crippen molar-refractivity contribution in [3.05, 3.63) is 156 Å². The number of benzene rings is 3. The van der Waals surface area contributed by atoms with Crippen LogP contribution >= 0.6 is 0 Å². The summed E-state index contributed by atoms with van der Waals surface area (Å²) in [6.45, 7) is 8.91.